The van der Waals surface area contributed by atoms with Crippen LogP contribution in [0.15, 0.2) is 59.3 Å². The van der Waals surface area contributed by atoms with Crippen molar-refractivity contribution in [3.05, 3.63) is 70.7 Å². The monoisotopic (exact) mass is 445 g/mol. The standard InChI is InChI=1S/C21H24BrN3O2.CH4/c1-21(2,3)20(26)24-18(14-27-13-15-7-5-4-6-8-15)19-23-11-17-10-9-16(22)12-25(17)19;/h4-12,18H,13-14H2,1-3H3,(H,24,26);1H4/t18-;/m1./s1. The van der Waals surface area contributed by atoms with Gasteiger partial charge in [-0.15, -0.1) is 0 Å². The van der Waals surface area contributed by atoms with E-state index in [0.717, 1.165) is 21.4 Å². The highest BCUT2D eigenvalue weighted by molar-refractivity contribution is 9.10. The number of carbonyl (C=O) groups excluding carboxylic acids is 1. The summed E-state index contributed by atoms with van der Waals surface area (Å²) in [5.74, 6) is 0.708. The zero-order valence-electron chi connectivity index (χ0n) is 15.8. The van der Waals surface area contributed by atoms with Crippen LogP contribution in [0.1, 0.15) is 45.6 Å². The van der Waals surface area contributed by atoms with Crippen molar-refractivity contribution < 1.29 is 9.53 Å². The first kappa shape index (κ1) is 22.1. The minimum atomic E-state index is -0.495. The fraction of sp³-hybridized carbons (Fsp3) is 0.364. The molecule has 2 aromatic heterocycles. The minimum Gasteiger partial charge on any atom is -0.374 e. The summed E-state index contributed by atoms with van der Waals surface area (Å²) in [6.07, 6.45) is 3.75. The van der Waals surface area contributed by atoms with E-state index in [9.17, 15) is 4.79 Å². The van der Waals surface area contributed by atoms with Crippen LogP contribution in [0.25, 0.3) is 5.52 Å². The Hall–Kier alpha value is -2.18. The maximum Gasteiger partial charge on any atom is 0.226 e. The summed E-state index contributed by atoms with van der Waals surface area (Å²) < 4.78 is 8.84. The lowest BCUT2D eigenvalue weighted by molar-refractivity contribution is -0.129. The Morgan fingerprint density at radius 1 is 1.21 bits per heavy atom. The van der Waals surface area contributed by atoms with Gasteiger partial charge >= 0.3 is 0 Å². The van der Waals surface area contributed by atoms with E-state index in [1.807, 2.05) is 73.8 Å². The zero-order valence-corrected chi connectivity index (χ0v) is 17.4. The predicted molar refractivity (Wildman–Crippen MR) is 116 cm³/mol. The van der Waals surface area contributed by atoms with E-state index in [2.05, 4.69) is 26.2 Å². The first-order valence-corrected chi connectivity index (χ1v) is 9.69. The van der Waals surface area contributed by atoms with Crippen molar-refractivity contribution in [3.63, 3.8) is 0 Å². The number of nitrogens with one attached hydrogen (secondary N) is 1. The van der Waals surface area contributed by atoms with Crippen molar-refractivity contribution in [3.8, 4) is 0 Å². The molecule has 3 aromatic rings. The molecule has 5 nitrogen and oxygen atoms in total. The number of nitrogens with zero attached hydrogens (tertiary/aromatic N) is 2. The van der Waals surface area contributed by atoms with Crippen molar-refractivity contribution in [2.45, 2.75) is 40.8 Å². The fourth-order valence-corrected chi connectivity index (χ4v) is 3.00. The molecule has 0 spiro atoms. The molecule has 1 aromatic carbocycles. The number of hydrogen-bond acceptors (Lipinski definition) is 3. The van der Waals surface area contributed by atoms with Gasteiger partial charge in [0.1, 0.15) is 11.9 Å². The summed E-state index contributed by atoms with van der Waals surface area (Å²) in [6, 6.07) is 13.6. The molecule has 0 bridgehead atoms. The number of carbonyl (C=O) groups is 1. The third kappa shape index (κ3) is 5.42. The van der Waals surface area contributed by atoms with Gasteiger partial charge in [0.05, 0.1) is 24.9 Å². The normalized spacial score (nSPS) is 12.4. The third-order valence-corrected chi connectivity index (χ3v) is 4.68. The zero-order chi connectivity index (χ0) is 19.4. The van der Waals surface area contributed by atoms with Gasteiger partial charge in [0.15, 0.2) is 0 Å². The number of pyridine rings is 1. The van der Waals surface area contributed by atoms with Crippen LogP contribution in [-0.4, -0.2) is 21.9 Å². The Morgan fingerprint density at radius 3 is 2.61 bits per heavy atom. The Bertz CT molecular complexity index is 916. The Labute approximate surface area is 175 Å². The van der Waals surface area contributed by atoms with Gasteiger partial charge in [0, 0.05) is 16.1 Å². The second-order valence-electron chi connectivity index (χ2n) is 7.54. The van der Waals surface area contributed by atoms with E-state index < -0.39 is 5.41 Å². The van der Waals surface area contributed by atoms with Gasteiger partial charge in [0.25, 0.3) is 0 Å². The molecule has 6 heteroatoms. The van der Waals surface area contributed by atoms with Crippen LogP contribution in [-0.2, 0) is 16.1 Å². The average molecular weight is 446 g/mol. The van der Waals surface area contributed by atoms with Crippen LogP contribution >= 0.6 is 15.9 Å². The van der Waals surface area contributed by atoms with E-state index in [0.29, 0.717) is 13.2 Å². The van der Waals surface area contributed by atoms with Gasteiger partial charge in [-0.1, -0.05) is 58.5 Å². The molecule has 1 N–H and O–H groups in total. The Morgan fingerprint density at radius 2 is 1.93 bits per heavy atom. The number of ether oxygens (including phenoxy) is 1. The largest absolute Gasteiger partial charge is 0.374 e. The lowest BCUT2D eigenvalue weighted by atomic mass is 9.95. The fourth-order valence-electron chi connectivity index (χ4n) is 2.67. The maximum absolute atomic E-state index is 12.6. The van der Waals surface area contributed by atoms with Gasteiger partial charge in [-0.25, -0.2) is 4.98 Å². The van der Waals surface area contributed by atoms with Crippen molar-refractivity contribution in [2.75, 3.05) is 6.61 Å². The number of amides is 1. The second-order valence-corrected chi connectivity index (χ2v) is 8.45. The maximum atomic E-state index is 12.6. The molecule has 0 unspecified atom stereocenters. The van der Waals surface area contributed by atoms with Gasteiger partial charge in [0.2, 0.25) is 5.91 Å². The molecular weight excluding hydrogens is 418 g/mol. The Balaban J connectivity index is 0.00000280. The molecule has 0 saturated carbocycles. The number of imidazole rings is 1. The molecule has 0 aliphatic rings. The van der Waals surface area contributed by atoms with E-state index in [-0.39, 0.29) is 19.4 Å². The minimum absolute atomic E-state index is 0. The summed E-state index contributed by atoms with van der Waals surface area (Å²) in [6.45, 7) is 6.50. The lowest BCUT2D eigenvalue weighted by Crippen LogP contribution is -2.39. The third-order valence-electron chi connectivity index (χ3n) is 4.21. The molecule has 1 amide bonds. The molecule has 1 atom stereocenters. The number of halogens is 1. The summed E-state index contributed by atoms with van der Waals surface area (Å²) in [5, 5.41) is 3.09. The van der Waals surface area contributed by atoms with E-state index in [1.165, 1.54) is 0 Å². The highest BCUT2D eigenvalue weighted by Gasteiger charge is 2.27. The Kier molecular flexibility index (Phi) is 7.38. The molecule has 0 saturated heterocycles. The molecule has 0 aliphatic heterocycles. The van der Waals surface area contributed by atoms with E-state index in [4.69, 9.17) is 4.74 Å². The molecule has 28 heavy (non-hydrogen) atoms. The van der Waals surface area contributed by atoms with Crippen LogP contribution < -0.4 is 5.32 Å². The number of aromatic nitrogens is 2. The van der Waals surface area contributed by atoms with Crippen molar-refractivity contribution in [1.82, 2.24) is 14.7 Å². The van der Waals surface area contributed by atoms with Crippen LogP contribution in [0, 0.1) is 5.41 Å². The second kappa shape index (κ2) is 9.34. The first-order valence-electron chi connectivity index (χ1n) is 8.90. The lowest BCUT2D eigenvalue weighted by Gasteiger charge is -2.24. The summed E-state index contributed by atoms with van der Waals surface area (Å²) in [5.41, 5.74) is 1.56. The molecule has 150 valence electrons. The molecule has 2 heterocycles. The van der Waals surface area contributed by atoms with Gasteiger partial charge in [-0.2, -0.15) is 0 Å². The smallest absolute Gasteiger partial charge is 0.226 e. The number of benzene rings is 1. The van der Waals surface area contributed by atoms with Crippen molar-refractivity contribution in [1.29, 1.82) is 0 Å². The summed E-state index contributed by atoms with van der Waals surface area (Å²) >= 11 is 3.50. The van der Waals surface area contributed by atoms with Crippen molar-refractivity contribution in [2.24, 2.45) is 5.41 Å². The molecule has 0 radical (unpaired) electrons. The van der Waals surface area contributed by atoms with Gasteiger partial charge in [-0.05, 0) is 33.6 Å². The number of fused-ring (bicyclic) bond motifs is 1. The van der Waals surface area contributed by atoms with Gasteiger partial charge in [-0.3, -0.25) is 4.79 Å². The van der Waals surface area contributed by atoms with Crippen molar-refractivity contribution >= 4 is 27.4 Å². The SMILES string of the molecule is C.CC(C)(C)C(=O)N[C@H](COCc1ccccc1)c1ncc2ccc(Br)cn12. The highest BCUT2D eigenvalue weighted by atomic mass is 79.9. The quantitative estimate of drug-likeness (QED) is 0.570. The summed E-state index contributed by atoms with van der Waals surface area (Å²) in [4.78, 5) is 17.1. The number of hydrogen-bond donors (Lipinski definition) is 1. The molecular formula is C22H28BrN3O2. The van der Waals surface area contributed by atoms with E-state index >= 15 is 0 Å². The van der Waals surface area contributed by atoms with E-state index in [1.54, 1.807) is 6.20 Å². The highest BCUT2D eigenvalue weighted by Crippen LogP contribution is 2.21. The van der Waals surface area contributed by atoms with Gasteiger partial charge < -0.3 is 14.5 Å². The topological polar surface area (TPSA) is 55.6 Å². The average Bonchev–Trinajstić information content (AvgIpc) is 3.03. The molecule has 3 rings (SSSR count). The summed E-state index contributed by atoms with van der Waals surface area (Å²) in [7, 11) is 0. The van der Waals surface area contributed by atoms with Crippen LogP contribution in [0.5, 0.6) is 0 Å². The van der Waals surface area contributed by atoms with Crippen LogP contribution in [0.3, 0.4) is 0 Å². The first-order chi connectivity index (χ1) is 12.8. The van der Waals surface area contributed by atoms with Crippen LogP contribution in [0.2, 0.25) is 0 Å². The number of rotatable bonds is 6. The molecule has 0 aliphatic carbocycles. The van der Waals surface area contributed by atoms with Crippen LogP contribution in [0.4, 0.5) is 0 Å². The predicted octanol–water partition coefficient (Wildman–Crippen LogP) is 5.15. The molecule has 0 fully saturated rings.